The molecule has 0 radical (unpaired) electrons. The van der Waals surface area contributed by atoms with Gasteiger partial charge < -0.3 is 4.98 Å². The molecule has 2 aromatic heterocycles. The summed E-state index contributed by atoms with van der Waals surface area (Å²) in [6.07, 6.45) is 3.89. The predicted octanol–water partition coefficient (Wildman–Crippen LogP) is 3.19. The summed E-state index contributed by atoms with van der Waals surface area (Å²) in [4.78, 5) is 7.41. The molecule has 0 spiro atoms. The number of nitrogens with one attached hydrogen (secondary N) is 1. The van der Waals surface area contributed by atoms with Crippen LogP contribution in [0.25, 0.3) is 23.1 Å². The fraction of sp³-hybridized carbons (Fsp3) is 0. The van der Waals surface area contributed by atoms with Crippen molar-refractivity contribution in [3.05, 3.63) is 47.4 Å². The van der Waals surface area contributed by atoms with Gasteiger partial charge in [-0.15, -0.1) is 0 Å². The number of aromatic amines is 1. The van der Waals surface area contributed by atoms with E-state index in [2.05, 4.69) is 32.5 Å². The minimum Gasteiger partial charge on any atom is -0.355 e. The summed E-state index contributed by atoms with van der Waals surface area (Å²) < 4.78 is 4.12. The zero-order valence-electron chi connectivity index (χ0n) is 8.42. The fourth-order valence-electron chi connectivity index (χ4n) is 1.60. The summed E-state index contributed by atoms with van der Waals surface area (Å²) in [6.45, 7) is 0. The number of rotatable bonds is 2. The lowest BCUT2D eigenvalue weighted by atomic mass is 10.2. The largest absolute Gasteiger partial charge is 0.355 e. The molecule has 0 fully saturated rings. The van der Waals surface area contributed by atoms with Gasteiger partial charge in [-0.1, -0.05) is 18.2 Å². The van der Waals surface area contributed by atoms with Gasteiger partial charge in [0.15, 0.2) is 5.82 Å². The second kappa shape index (κ2) is 3.90. The molecule has 0 amide bonds. The molecule has 1 aromatic carbocycles. The molecule has 0 unspecified atom stereocenters. The molecular formula is C12H9N3S. The third-order valence-electron chi connectivity index (χ3n) is 2.34. The second-order valence-corrected chi connectivity index (χ2v) is 4.04. The van der Waals surface area contributed by atoms with E-state index in [1.165, 1.54) is 16.9 Å². The lowest BCUT2D eigenvalue weighted by molar-refractivity contribution is 1.28. The van der Waals surface area contributed by atoms with E-state index >= 15 is 0 Å². The van der Waals surface area contributed by atoms with E-state index in [1.54, 1.807) is 5.51 Å². The lowest BCUT2D eigenvalue weighted by Crippen LogP contribution is -1.73. The monoisotopic (exact) mass is 227 g/mol. The molecule has 1 N–H and O–H groups in total. The summed E-state index contributed by atoms with van der Waals surface area (Å²) in [6, 6.07) is 10.3. The highest BCUT2D eigenvalue weighted by molar-refractivity contribution is 7.03. The van der Waals surface area contributed by atoms with E-state index in [9.17, 15) is 0 Å². The summed E-state index contributed by atoms with van der Waals surface area (Å²) in [5.41, 5.74) is 3.94. The van der Waals surface area contributed by atoms with Gasteiger partial charge in [-0.05, 0) is 41.2 Å². The Morgan fingerprint density at radius 2 is 2.12 bits per heavy atom. The molecule has 0 saturated heterocycles. The van der Waals surface area contributed by atoms with Crippen molar-refractivity contribution in [3.63, 3.8) is 0 Å². The molecule has 3 nitrogen and oxygen atoms in total. The zero-order chi connectivity index (χ0) is 10.8. The van der Waals surface area contributed by atoms with Crippen LogP contribution in [0.4, 0.5) is 0 Å². The van der Waals surface area contributed by atoms with Crippen LogP contribution in [0.2, 0.25) is 0 Å². The van der Waals surface area contributed by atoms with E-state index in [0.717, 1.165) is 17.0 Å². The Morgan fingerprint density at radius 3 is 2.94 bits per heavy atom. The maximum absolute atomic E-state index is 4.12. The van der Waals surface area contributed by atoms with E-state index in [-0.39, 0.29) is 0 Å². The number of hydrogen-bond donors (Lipinski definition) is 1. The van der Waals surface area contributed by atoms with Crippen molar-refractivity contribution in [1.29, 1.82) is 0 Å². The molecule has 3 rings (SSSR count). The number of fused-ring (bicyclic) bond motifs is 1. The average molecular weight is 227 g/mol. The molecule has 2 heterocycles. The minimum atomic E-state index is 0.753. The molecule has 0 atom stereocenters. The Labute approximate surface area is 96.6 Å². The Balaban J connectivity index is 1.95. The van der Waals surface area contributed by atoms with Crippen molar-refractivity contribution in [1.82, 2.24) is 14.3 Å². The van der Waals surface area contributed by atoms with Crippen molar-refractivity contribution in [2.45, 2.75) is 0 Å². The van der Waals surface area contributed by atoms with E-state index in [0.29, 0.717) is 0 Å². The molecule has 78 valence electrons. The molecule has 3 aromatic rings. The first-order valence-corrected chi connectivity index (χ1v) is 5.78. The van der Waals surface area contributed by atoms with Gasteiger partial charge in [0.25, 0.3) is 0 Å². The highest BCUT2D eigenvalue weighted by Crippen LogP contribution is 2.16. The second-order valence-electron chi connectivity index (χ2n) is 3.43. The van der Waals surface area contributed by atoms with Crippen LogP contribution in [0.5, 0.6) is 0 Å². The van der Waals surface area contributed by atoms with Gasteiger partial charge in [-0.25, -0.2) is 4.98 Å². The van der Waals surface area contributed by atoms with Crippen LogP contribution in [0.1, 0.15) is 11.5 Å². The first-order valence-electron chi connectivity index (χ1n) is 4.94. The predicted molar refractivity (Wildman–Crippen MR) is 67.1 cm³/mol. The molecule has 16 heavy (non-hydrogen) atoms. The molecule has 4 heteroatoms. The van der Waals surface area contributed by atoms with Gasteiger partial charge in [0.2, 0.25) is 0 Å². The van der Waals surface area contributed by atoms with Crippen LogP contribution in [-0.4, -0.2) is 14.3 Å². The molecule has 0 aliphatic carbocycles. The first-order chi connectivity index (χ1) is 7.92. The highest BCUT2D eigenvalue weighted by atomic mass is 32.1. The fourth-order valence-corrected chi connectivity index (χ4v) is 2.02. The van der Waals surface area contributed by atoms with Crippen LogP contribution >= 0.6 is 11.5 Å². The van der Waals surface area contributed by atoms with E-state index in [4.69, 9.17) is 0 Å². The summed E-state index contributed by atoms with van der Waals surface area (Å²) in [7, 11) is 0. The number of H-pyrrole nitrogens is 1. The third-order valence-corrected chi connectivity index (χ3v) is 2.83. The van der Waals surface area contributed by atoms with Crippen LogP contribution < -0.4 is 0 Å². The first kappa shape index (κ1) is 9.30. The smallest absolute Gasteiger partial charge is 0.165 e. The quantitative estimate of drug-likeness (QED) is 0.730. The summed E-state index contributed by atoms with van der Waals surface area (Å²) >= 11 is 1.36. The van der Waals surface area contributed by atoms with Crippen LogP contribution in [0.15, 0.2) is 35.8 Å². The van der Waals surface area contributed by atoms with Gasteiger partial charge >= 0.3 is 0 Å². The lowest BCUT2D eigenvalue weighted by Gasteiger charge is -1.84. The molecule has 0 aliphatic rings. The topological polar surface area (TPSA) is 41.6 Å². The zero-order valence-corrected chi connectivity index (χ0v) is 9.24. The SMILES string of the molecule is C(=Cc1cc2ccccc2[nH]1)c1ncsn1. The Morgan fingerprint density at radius 1 is 1.19 bits per heavy atom. The normalized spacial score (nSPS) is 11.5. The van der Waals surface area contributed by atoms with Gasteiger partial charge in [-0.3, -0.25) is 0 Å². The van der Waals surface area contributed by atoms with Crippen molar-refractivity contribution in [3.8, 4) is 0 Å². The van der Waals surface area contributed by atoms with Crippen molar-refractivity contribution in [2.24, 2.45) is 0 Å². The van der Waals surface area contributed by atoms with Crippen molar-refractivity contribution in [2.75, 3.05) is 0 Å². The van der Waals surface area contributed by atoms with Gasteiger partial charge in [0.05, 0.1) is 0 Å². The summed E-state index contributed by atoms with van der Waals surface area (Å²) in [5.74, 6) is 0.753. The average Bonchev–Trinajstić information content (AvgIpc) is 2.95. The Hall–Kier alpha value is -1.94. The van der Waals surface area contributed by atoms with Crippen molar-refractivity contribution < 1.29 is 0 Å². The number of hydrogen-bond acceptors (Lipinski definition) is 3. The van der Waals surface area contributed by atoms with Crippen LogP contribution in [-0.2, 0) is 0 Å². The summed E-state index contributed by atoms with van der Waals surface area (Å²) in [5, 5.41) is 1.22. The number of aromatic nitrogens is 3. The number of para-hydroxylation sites is 1. The number of benzene rings is 1. The third kappa shape index (κ3) is 1.75. The van der Waals surface area contributed by atoms with E-state index in [1.807, 2.05) is 24.3 Å². The maximum Gasteiger partial charge on any atom is 0.165 e. The van der Waals surface area contributed by atoms with Crippen LogP contribution in [0, 0.1) is 0 Å². The maximum atomic E-state index is 4.12. The van der Waals surface area contributed by atoms with Gasteiger partial charge in [0, 0.05) is 11.2 Å². The Kier molecular flexibility index (Phi) is 2.27. The standard InChI is InChI=1S/C12H9N3S/c1-2-4-11-9(3-1)7-10(14-11)5-6-12-13-8-16-15-12/h1-8,14H. The Bertz CT molecular complexity index is 590. The molecular weight excluding hydrogens is 218 g/mol. The van der Waals surface area contributed by atoms with Gasteiger partial charge in [-0.2, -0.15) is 4.37 Å². The molecule has 0 aliphatic heterocycles. The van der Waals surface area contributed by atoms with Gasteiger partial charge in [0.1, 0.15) is 5.51 Å². The highest BCUT2D eigenvalue weighted by Gasteiger charge is 1.96. The minimum absolute atomic E-state index is 0.753. The van der Waals surface area contributed by atoms with Crippen molar-refractivity contribution >= 4 is 34.6 Å². The van der Waals surface area contributed by atoms with Crippen LogP contribution in [0.3, 0.4) is 0 Å². The molecule has 0 saturated carbocycles. The molecule has 0 bridgehead atoms. The van der Waals surface area contributed by atoms with E-state index < -0.39 is 0 Å². The number of nitrogens with zero attached hydrogens (tertiary/aromatic N) is 2.